The molecule has 2 aromatic rings. The Morgan fingerprint density at radius 2 is 2.26 bits per heavy atom. The van der Waals surface area contributed by atoms with Gasteiger partial charge < -0.3 is 15.1 Å². The molecule has 0 spiro atoms. The minimum absolute atomic E-state index is 0.0238. The van der Waals surface area contributed by atoms with Crippen LogP contribution in [0.3, 0.4) is 0 Å². The van der Waals surface area contributed by atoms with Gasteiger partial charge in [0.15, 0.2) is 0 Å². The molecule has 0 radical (unpaired) electrons. The van der Waals surface area contributed by atoms with Gasteiger partial charge in [0.05, 0.1) is 18.8 Å². The summed E-state index contributed by atoms with van der Waals surface area (Å²) in [5.74, 6) is 0.735. The molecular formula is C14H18N2O2S. The summed E-state index contributed by atoms with van der Waals surface area (Å²) in [6.07, 6.45) is 1.60. The molecule has 0 saturated heterocycles. The van der Waals surface area contributed by atoms with E-state index in [4.69, 9.17) is 4.42 Å². The smallest absolute Gasteiger partial charge is 0.237 e. The number of aryl methyl sites for hydroxylation is 1. The lowest BCUT2D eigenvalue weighted by molar-refractivity contribution is -0.123. The maximum Gasteiger partial charge on any atom is 0.237 e. The molecule has 0 aliphatic heterocycles. The Morgan fingerprint density at radius 3 is 2.89 bits per heavy atom. The molecule has 0 fully saturated rings. The number of carbonyl (C=O) groups is 1. The van der Waals surface area contributed by atoms with E-state index in [0.29, 0.717) is 13.1 Å². The molecule has 0 aliphatic rings. The number of furan rings is 1. The summed E-state index contributed by atoms with van der Waals surface area (Å²) in [6, 6.07) is 3.42. The lowest BCUT2D eigenvalue weighted by Gasteiger charge is -2.13. The van der Waals surface area contributed by atoms with E-state index >= 15 is 0 Å². The van der Waals surface area contributed by atoms with Gasteiger partial charge in [-0.15, -0.1) is 0 Å². The molecule has 19 heavy (non-hydrogen) atoms. The number of hydrogen-bond donors (Lipinski definition) is 2. The Bertz CT molecular complexity index is 519. The second-order valence-corrected chi connectivity index (χ2v) is 5.22. The van der Waals surface area contributed by atoms with Gasteiger partial charge in [-0.05, 0) is 47.9 Å². The van der Waals surface area contributed by atoms with Crippen molar-refractivity contribution < 1.29 is 9.21 Å². The SMILES string of the molecule is Cc1cscc1CNC(C)C(=O)NCc1ccco1. The second kappa shape index (κ2) is 6.54. The van der Waals surface area contributed by atoms with Crippen molar-refractivity contribution in [2.45, 2.75) is 33.0 Å². The predicted molar refractivity (Wildman–Crippen MR) is 75.9 cm³/mol. The van der Waals surface area contributed by atoms with Crippen LogP contribution in [-0.2, 0) is 17.9 Å². The topological polar surface area (TPSA) is 54.3 Å². The summed E-state index contributed by atoms with van der Waals surface area (Å²) in [7, 11) is 0. The van der Waals surface area contributed by atoms with Crippen LogP contribution < -0.4 is 10.6 Å². The van der Waals surface area contributed by atoms with Gasteiger partial charge in [-0.3, -0.25) is 4.79 Å². The number of amides is 1. The summed E-state index contributed by atoms with van der Waals surface area (Å²) in [6.45, 7) is 5.08. The van der Waals surface area contributed by atoms with Crippen LogP contribution in [0.1, 0.15) is 23.8 Å². The molecule has 0 aliphatic carbocycles. The maximum atomic E-state index is 11.9. The first-order valence-corrected chi connectivity index (χ1v) is 7.16. The van der Waals surface area contributed by atoms with Gasteiger partial charge in [0.1, 0.15) is 5.76 Å². The Morgan fingerprint density at radius 1 is 1.42 bits per heavy atom. The van der Waals surface area contributed by atoms with Crippen LogP contribution in [0.4, 0.5) is 0 Å². The van der Waals surface area contributed by atoms with Crippen LogP contribution in [-0.4, -0.2) is 11.9 Å². The van der Waals surface area contributed by atoms with Gasteiger partial charge in [-0.25, -0.2) is 0 Å². The molecule has 0 aromatic carbocycles. The zero-order valence-electron chi connectivity index (χ0n) is 11.1. The van der Waals surface area contributed by atoms with Gasteiger partial charge >= 0.3 is 0 Å². The van der Waals surface area contributed by atoms with E-state index in [9.17, 15) is 4.79 Å². The van der Waals surface area contributed by atoms with Crippen molar-refractivity contribution in [2.75, 3.05) is 0 Å². The molecule has 2 rings (SSSR count). The third-order valence-corrected chi connectivity index (χ3v) is 3.88. The zero-order valence-corrected chi connectivity index (χ0v) is 11.9. The maximum absolute atomic E-state index is 11.9. The van der Waals surface area contributed by atoms with Crippen LogP contribution in [0.25, 0.3) is 0 Å². The highest BCUT2D eigenvalue weighted by atomic mass is 32.1. The van der Waals surface area contributed by atoms with E-state index in [0.717, 1.165) is 5.76 Å². The summed E-state index contributed by atoms with van der Waals surface area (Å²) in [5.41, 5.74) is 2.51. The van der Waals surface area contributed by atoms with Gasteiger partial charge in [0, 0.05) is 6.54 Å². The summed E-state index contributed by atoms with van der Waals surface area (Å²) in [4.78, 5) is 11.9. The molecule has 2 aromatic heterocycles. The van der Waals surface area contributed by atoms with Crippen molar-refractivity contribution >= 4 is 17.2 Å². The third kappa shape index (κ3) is 3.94. The monoisotopic (exact) mass is 278 g/mol. The first-order valence-electron chi connectivity index (χ1n) is 6.22. The molecule has 102 valence electrons. The lowest BCUT2D eigenvalue weighted by atomic mass is 10.2. The molecule has 2 N–H and O–H groups in total. The highest BCUT2D eigenvalue weighted by Gasteiger charge is 2.12. The summed E-state index contributed by atoms with van der Waals surface area (Å²) in [5, 5.41) is 10.3. The third-order valence-electron chi connectivity index (χ3n) is 2.97. The highest BCUT2D eigenvalue weighted by Crippen LogP contribution is 2.13. The molecule has 2 heterocycles. The predicted octanol–water partition coefficient (Wildman–Crippen LogP) is 2.44. The summed E-state index contributed by atoms with van der Waals surface area (Å²) >= 11 is 1.68. The van der Waals surface area contributed by atoms with E-state index in [1.54, 1.807) is 17.6 Å². The van der Waals surface area contributed by atoms with Crippen LogP contribution >= 0.6 is 11.3 Å². The fourth-order valence-corrected chi connectivity index (χ4v) is 2.52. The molecule has 1 atom stereocenters. The molecule has 0 bridgehead atoms. The number of hydrogen-bond acceptors (Lipinski definition) is 4. The Labute approximate surface area is 116 Å². The second-order valence-electron chi connectivity index (χ2n) is 4.48. The van der Waals surface area contributed by atoms with E-state index in [1.165, 1.54) is 11.1 Å². The Kier molecular flexibility index (Phi) is 4.76. The molecule has 1 unspecified atom stereocenters. The fourth-order valence-electron chi connectivity index (χ4n) is 1.66. The fraction of sp³-hybridized carbons (Fsp3) is 0.357. The number of nitrogens with one attached hydrogen (secondary N) is 2. The molecule has 1 amide bonds. The minimum atomic E-state index is -0.228. The van der Waals surface area contributed by atoms with Gasteiger partial charge in [-0.1, -0.05) is 0 Å². The zero-order chi connectivity index (χ0) is 13.7. The minimum Gasteiger partial charge on any atom is -0.467 e. The van der Waals surface area contributed by atoms with E-state index in [2.05, 4.69) is 28.3 Å². The normalized spacial score (nSPS) is 12.3. The van der Waals surface area contributed by atoms with E-state index in [-0.39, 0.29) is 11.9 Å². The van der Waals surface area contributed by atoms with Crippen molar-refractivity contribution in [3.63, 3.8) is 0 Å². The molecule has 0 saturated carbocycles. The summed E-state index contributed by atoms with van der Waals surface area (Å²) < 4.78 is 5.16. The van der Waals surface area contributed by atoms with Crippen molar-refractivity contribution in [3.8, 4) is 0 Å². The standard InChI is InChI=1S/C14H18N2O2S/c1-10-8-19-9-12(10)6-15-11(2)14(17)16-7-13-4-3-5-18-13/h3-5,8-9,11,15H,6-7H2,1-2H3,(H,16,17). The van der Waals surface area contributed by atoms with E-state index in [1.807, 2.05) is 19.1 Å². The van der Waals surface area contributed by atoms with Crippen molar-refractivity contribution in [1.29, 1.82) is 0 Å². The average Bonchev–Trinajstić information content (AvgIpc) is 3.04. The largest absolute Gasteiger partial charge is 0.467 e. The molecular weight excluding hydrogens is 260 g/mol. The quantitative estimate of drug-likeness (QED) is 0.853. The van der Waals surface area contributed by atoms with Crippen LogP contribution in [0.2, 0.25) is 0 Å². The van der Waals surface area contributed by atoms with Crippen LogP contribution in [0.15, 0.2) is 33.6 Å². The van der Waals surface area contributed by atoms with Crippen LogP contribution in [0, 0.1) is 6.92 Å². The van der Waals surface area contributed by atoms with Gasteiger partial charge in [0.25, 0.3) is 0 Å². The van der Waals surface area contributed by atoms with Gasteiger partial charge in [-0.2, -0.15) is 11.3 Å². The van der Waals surface area contributed by atoms with Crippen molar-refractivity contribution in [3.05, 3.63) is 46.0 Å². The average molecular weight is 278 g/mol. The number of thiophene rings is 1. The lowest BCUT2D eigenvalue weighted by Crippen LogP contribution is -2.41. The highest BCUT2D eigenvalue weighted by molar-refractivity contribution is 7.08. The Hall–Kier alpha value is -1.59. The number of rotatable bonds is 6. The van der Waals surface area contributed by atoms with E-state index < -0.39 is 0 Å². The Balaban J connectivity index is 1.75. The van der Waals surface area contributed by atoms with Crippen molar-refractivity contribution in [2.24, 2.45) is 0 Å². The van der Waals surface area contributed by atoms with Crippen molar-refractivity contribution in [1.82, 2.24) is 10.6 Å². The molecule has 4 nitrogen and oxygen atoms in total. The first-order chi connectivity index (χ1) is 9.16. The number of carbonyl (C=O) groups excluding carboxylic acids is 1. The van der Waals surface area contributed by atoms with Crippen LogP contribution in [0.5, 0.6) is 0 Å². The molecule has 5 heteroatoms. The first kappa shape index (κ1) is 13.8. The van der Waals surface area contributed by atoms with Gasteiger partial charge in [0.2, 0.25) is 5.91 Å².